The standard InChI is InChI=1S/C53H72O8/c1-49(2,3)37-33-39(47(43(45(37)56)51(7,8)9)60-31-29-58-41(54)27-25-35-21-17-15-18-22-35)53(13,14)40-34-38(50(4,5)6)46(57)44(52(10,11)12)48(40)61-32-30-59-42(55)28-26-36-23-19-16-20-24-36/h15-24,33-34,56-57H,25-32H2,1-14H3. The highest BCUT2D eigenvalue weighted by atomic mass is 16.6. The molecule has 8 nitrogen and oxygen atoms in total. The molecule has 0 aliphatic heterocycles. The molecule has 0 atom stereocenters. The second-order valence-corrected chi connectivity index (χ2v) is 20.8. The molecule has 0 unspecified atom stereocenters. The van der Waals surface area contributed by atoms with Gasteiger partial charge in [0.1, 0.15) is 49.4 Å². The summed E-state index contributed by atoms with van der Waals surface area (Å²) in [7, 11) is 0. The molecule has 0 fully saturated rings. The largest absolute Gasteiger partial charge is 0.507 e. The summed E-state index contributed by atoms with van der Waals surface area (Å²) in [5.74, 6) is 0.709. The number of phenols is 2. The highest BCUT2D eigenvalue weighted by molar-refractivity contribution is 5.70. The molecule has 4 rings (SSSR count). The van der Waals surface area contributed by atoms with Crippen molar-refractivity contribution in [1.82, 2.24) is 0 Å². The molecule has 332 valence electrons. The molecule has 2 N–H and O–H groups in total. The van der Waals surface area contributed by atoms with Crippen molar-refractivity contribution in [1.29, 1.82) is 0 Å². The van der Waals surface area contributed by atoms with Crippen LogP contribution in [0.4, 0.5) is 0 Å². The van der Waals surface area contributed by atoms with E-state index < -0.39 is 27.1 Å². The third kappa shape index (κ3) is 12.5. The van der Waals surface area contributed by atoms with Crippen molar-refractivity contribution >= 4 is 11.9 Å². The molecule has 0 radical (unpaired) electrons. The second kappa shape index (κ2) is 19.4. The van der Waals surface area contributed by atoms with Gasteiger partial charge in [-0.25, -0.2) is 0 Å². The number of aromatic hydroxyl groups is 2. The Kier molecular flexibility index (Phi) is 15.5. The number of hydrogen-bond donors (Lipinski definition) is 2. The minimum atomic E-state index is -0.870. The normalized spacial score (nSPS) is 12.6. The molecule has 0 spiro atoms. The lowest BCUT2D eigenvalue weighted by atomic mass is 9.68. The topological polar surface area (TPSA) is 112 Å². The lowest BCUT2D eigenvalue weighted by Gasteiger charge is -2.38. The summed E-state index contributed by atoms with van der Waals surface area (Å²) in [5, 5.41) is 24.3. The monoisotopic (exact) mass is 837 g/mol. The van der Waals surface area contributed by atoms with Crippen LogP contribution in [0, 0.1) is 0 Å². The lowest BCUT2D eigenvalue weighted by Crippen LogP contribution is -2.29. The molecule has 8 heteroatoms. The summed E-state index contributed by atoms with van der Waals surface area (Å²) in [4.78, 5) is 25.6. The van der Waals surface area contributed by atoms with E-state index in [9.17, 15) is 19.8 Å². The van der Waals surface area contributed by atoms with E-state index in [1.807, 2.05) is 114 Å². The van der Waals surface area contributed by atoms with Crippen LogP contribution in [0.15, 0.2) is 72.8 Å². The Balaban J connectivity index is 1.82. The molecule has 0 aromatic heterocycles. The molecular weight excluding hydrogens is 765 g/mol. The van der Waals surface area contributed by atoms with Gasteiger partial charge in [-0.3, -0.25) is 9.59 Å². The van der Waals surface area contributed by atoms with E-state index >= 15 is 0 Å². The van der Waals surface area contributed by atoms with Crippen molar-refractivity contribution in [3.05, 3.63) is 117 Å². The van der Waals surface area contributed by atoms with Crippen molar-refractivity contribution < 1.29 is 38.7 Å². The molecule has 0 amide bonds. The van der Waals surface area contributed by atoms with E-state index in [1.165, 1.54) is 0 Å². The number of aryl methyl sites for hydroxylation is 2. The van der Waals surface area contributed by atoms with Crippen LogP contribution < -0.4 is 9.47 Å². The number of ether oxygens (including phenoxy) is 4. The highest BCUT2D eigenvalue weighted by Gasteiger charge is 2.41. The second-order valence-electron chi connectivity index (χ2n) is 20.8. The Morgan fingerprint density at radius 3 is 1.08 bits per heavy atom. The summed E-state index contributed by atoms with van der Waals surface area (Å²) in [5.41, 5.74) is 3.65. The summed E-state index contributed by atoms with van der Waals surface area (Å²) >= 11 is 0. The minimum Gasteiger partial charge on any atom is -0.507 e. The summed E-state index contributed by atoms with van der Waals surface area (Å²) in [6.07, 6.45) is 1.66. The van der Waals surface area contributed by atoms with Gasteiger partial charge < -0.3 is 29.2 Å². The molecule has 0 bridgehead atoms. The van der Waals surface area contributed by atoms with Crippen LogP contribution in [0.25, 0.3) is 0 Å². The van der Waals surface area contributed by atoms with E-state index in [-0.39, 0.29) is 62.7 Å². The maximum absolute atomic E-state index is 12.8. The van der Waals surface area contributed by atoms with E-state index in [0.717, 1.165) is 33.4 Å². The first-order chi connectivity index (χ1) is 28.2. The molecule has 0 aliphatic carbocycles. The number of esters is 2. The van der Waals surface area contributed by atoms with Crippen molar-refractivity contribution in [2.24, 2.45) is 0 Å². The van der Waals surface area contributed by atoms with Gasteiger partial charge in [0.2, 0.25) is 0 Å². The molecule has 0 saturated heterocycles. The van der Waals surface area contributed by atoms with Crippen LogP contribution in [0.5, 0.6) is 23.0 Å². The molecule has 0 aliphatic rings. The average molecular weight is 837 g/mol. The SMILES string of the molecule is CC(C)(C)c1cc(C(C)(C)c2cc(C(C)(C)C)c(O)c(C(C)(C)C)c2OCCOC(=O)CCc2ccccc2)c(OCCOC(=O)CCc2ccccc2)c(C(C)(C)C)c1O. The maximum atomic E-state index is 12.8. The van der Waals surface area contributed by atoms with Gasteiger partial charge in [-0.05, 0) is 57.8 Å². The van der Waals surface area contributed by atoms with Crippen LogP contribution in [0.2, 0.25) is 0 Å². The fourth-order valence-corrected chi connectivity index (χ4v) is 7.74. The zero-order chi connectivity index (χ0) is 45.6. The highest BCUT2D eigenvalue weighted by Crippen LogP contribution is 2.55. The predicted octanol–water partition coefficient (Wildman–Crippen LogP) is 11.7. The van der Waals surface area contributed by atoms with Crippen molar-refractivity contribution in [3.63, 3.8) is 0 Å². The van der Waals surface area contributed by atoms with Gasteiger partial charge in [0.25, 0.3) is 0 Å². The molecule has 4 aromatic carbocycles. The van der Waals surface area contributed by atoms with Gasteiger partial charge in [0.15, 0.2) is 0 Å². The van der Waals surface area contributed by atoms with Crippen LogP contribution in [0.1, 0.15) is 154 Å². The number of carbonyl (C=O) groups is 2. The first kappa shape index (κ1) is 48.7. The van der Waals surface area contributed by atoms with Crippen molar-refractivity contribution in [3.8, 4) is 23.0 Å². The Morgan fingerprint density at radius 1 is 0.459 bits per heavy atom. The number of carbonyl (C=O) groups excluding carboxylic acids is 2. The van der Waals surface area contributed by atoms with Gasteiger partial charge >= 0.3 is 11.9 Å². The molecular formula is C53H72O8. The fraction of sp³-hybridized carbons (Fsp3) is 0.509. The first-order valence-electron chi connectivity index (χ1n) is 21.7. The smallest absolute Gasteiger partial charge is 0.306 e. The van der Waals surface area contributed by atoms with Gasteiger partial charge in [-0.2, -0.15) is 0 Å². The van der Waals surface area contributed by atoms with Crippen LogP contribution in [0.3, 0.4) is 0 Å². The number of hydrogen-bond acceptors (Lipinski definition) is 8. The first-order valence-corrected chi connectivity index (χ1v) is 21.7. The van der Waals surface area contributed by atoms with Crippen LogP contribution in [-0.2, 0) is 59.0 Å². The molecule has 0 heterocycles. The van der Waals surface area contributed by atoms with Crippen molar-refractivity contribution in [2.45, 2.75) is 150 Å². The lowest BCUT2D eigenvalue weighted by molar-refractivity contribution is -0.145. The summed E-state index contributed by atoms with van der Waals surface area (Å²) in [6.45, 7) is 29.1. The average Bonchev–Trinajstić information content (AvgIpc) is 3.15. The van der Waals surface area contributed by atoms with E-state index in [2.05, 4.69) is 55.4 Å². The zero-order valence-electron chi connectivity index (χ0n) is 39.4. The zero-order valence-corrected chi connectivity index (χ0v) is 39.4. The van der Waals surface area contributed by atoms with Crippen LogP contribution in [-0.4, -0.2) is 48.6 Å². The Hall–Kier alpha value is -4.98. The van der Waals surface area contributed by atoms with E-state index in [4.69, 9.17) is 18.9 Å². The van der Waals surface area contributed by atoms with Gasteiger partial charge in [0, 0.05) is 51.6 Å². The van der Waals surface area contributed by atoms with E-state index in [0.29, 0.717) is 35.5 Å². The van der Waals surface area contributed by atoms with Gasteiger partial charge in [0.05, 0.1) is 0 Å². The summed E-state index contributed by atoms with van der Waals surface area (Å²) in [6, 6.07) is 23.7. The van der Waals surface area contributed by atoms with Gasteiger partial charge in [-0.1, -0.05) is 158 Å². The number of benzene rings is 4. The van der Waals surface area contributed by atoms with E-state index in [1.54, 1.807) is 0 Å². The maximum Gasteiger partial charge on any atom is 0.306 e. The third-order valence-electron chi connectivity index (χ3n) is 11.1. The Bertz CT molecular complexity index is 1950. The fourth-order valence-electron chi connectivity index (χ4n) is 7.74. The van der Waals surface area contributed by atoms with Crippen LogP contribution >= 0.6 is 0 Å². The quantitative estimate of drug-likeness (QED) is 0.0848. The number of rotatable bonds is 16. The summed E-state index contributed by atoms with van der Waals surface area (Å²) < 4.78 is 24.8. The molecule has 0 saturated carbocycles. The third-order valence-corrected chi connectivity index (χ3v) is 11.1. The molecule has 61 heavy (non-hydrogen) atoms. The predicted molar refractivity (Wildman–Crippen MR) is 246 cm³/mol. The number of phenolic OH excluding ortho intramolecular Hbond substituents is 2. The van der Waals surface area contributed by atoms with Gasteiger partial charge in [-0.15, -0.1) is 0 Å². The minimum absolute atomic E-state index is 0.0266. The Labute approximate surface area is 366 Å². The Morgan fingerprint density at radius 2 is 0.787 bits per heavy atom. The molecule has 4 aromatic rings. The van der Waals surface area contributed by atoms with Crippen molar-refractivity contribution in [2.75, 3.05) is 26.4 Å².